The maximum atomic E-state index is 11.5. The average molecular weight is 226 g/mol. The second kappa shape index (κ2) is 4.41. The molecule has 0 aromatic carbocycles. The van der Waals surface area contributed by atoms with Crippen LogP contribution in [0.1, 0.15) is 25.7 Å². The van der Waals surface area contributed by atoms with Gasteiger partial charge in [0.25, 0.3) is 0 Å². The summed E-state index contributed by atoms with van der Waals surface area (Å²) in [6.07, 6.45) is 2.85. The van der Waals surface area contributed by atoms with Crippen molar-refractivity contribution in [2.45, 2.75) is 25.7 Å². The average Bonchev–Trinajstić information content (AvgIpc) is 2.09. The Balaban J connectivity index is 1.73. The van der Waals surface area contributed by atoms with Crippen molar-refractivity contribution in [1.82, 2.24) is 10.6 Å². The van der Waals surface area contributed by atoms with Crippen LogP contribution < -0.4 is 10.6 Å². The molecule has 0 unspecified atom stereocenters. The highest BCUT2D eigenvalue weighted by molar-refractivity contribution is 5.79. The molecule has 5 nitrogen and oxygen atoms in total. The van der Waals surface area contributed by atoms with E-state index in [0.717, 1.165) is 19.5 Å². The first-order valence-corrected chi connectivity index (χ1v) is 5.83. The van der Waals surface area contributed by atoms with Crippen LogP contribution in [0.2, 0.25) is 0 Å². The van der Waals surface area contributed by atoms with Crippen LogP contribution in [0.15, 0.2) is 0 Å². The van der Waals surface area contributed by atoms with Gasteiger partial charge in [-0.1, -0.05) is 6.42 Å². The molecule has 0 atom stereocenters. The first kappa shape index (κ1) is 11.4. The van der Waals surface area contributed by atoms with Crippen molar-refractivity contribution in [3.8, 4) is 0 Å². The van der Waals surface area contributed by atoms with Gasteiger partial charge in [-0.05, 0) is 31.8 Å². The summed E-state index contributed by atoms with van der Waals surface area (Å²) in [5.41, 5.74) is -0.673. The van der Waals surface area contributed by atoms with Crippen molar-refractivity contribution in [3.63, 3.8) is 0 Å². The normalized spacial score (nSPS) is 23.0. The van der Waals surface area contributed by atoms with Crippen molar-refractivity contribution in [1.29, 1.82) is 0 Å². The van der Waals surface area contributed by atoms with E-state index in [1.165, 1.54) is 0 Å². The molecule has 16 heavy (non-hydrogen) atoms. The fourth-order valence-electron chi connectivity index (χ4n) is 2.16. The molecule has 5 heteroatoms. The first-order chi connectivity index (χ1) is 7.62. The van der Waals surface area contributed by atoms with Crippen LogP contribution in [0.3, 0.4) is 0 Å². The monoisotopic (exact) mass is 226 g/mol. The van der Waals surface area contributed by atoms with Crippen LogP contribution in [0, 0.1) is 11.3 Å². The third kappa shape index (κ3) is 2.19. The van der Waals surface area contributed by atoms with E-state index in [4.69, 9.17) is 5.11 Å². The fourth-order valence-corrected chi connectivity index (χ4v) is 2.16. The first-order valence-electron chi connectivity index (χ1n) is 5.83. The minimum absolute atomic E-state index is 0.0148. The van der Waals surface area contributed by atoms with Gasteiger partial charge in [0.15, 0.2) is 0 Å². The molecular formula is C11H18N2O3. The van der Waals surface area contributed by atoms with Gasteiger partial charge in [0.1, 0.15) is 0 Å². The molecule has 90 valence electrons. The third-order valence-corrected chi connectivity index (χ3v) is 3.73. The molecule has 0 aromatic heterocycles. The molecule has 1 saturated carbocycles. The molecule has 0 spiro atoms. The number of hydrogen-bond donors (Lipinski definition) is 3. The van der Waals surface area contributed by atoms with E-state index in [1.807, 2.05) is 0 Å². The van der Waals surface area contributed by atoms with Gasteiger partial charge < -0.3 is 15.7 Å². The van der Waals surface area contributed by atoms with Gasteiger partial charge in [-0.25, -0.2) is 0 Å². The molecule has 2 fully saturated rings. The summed E-state index contributed by atoms with van der Waals surface area (Å²) in [5, 5.41) is 14.9. The van der Waals surface area contributed by atoms with E-state index < -0.39 is 11.4 Å². The zero-order chi connectivity index (χ0) is 11.6. The van der Waals surface area contributed by atoms with Crippen LogP contribution in [-0.2, 0) is 9.59 Å². The Morgan fingerprint density at radius 3 is 2.44 bits per heavy atom. The summed E-state index contributed by atoms with van der Waals surface area (Å²) in [6, 6.07) is 0. The Hall–Kier alpha value is -1.10. The highest BCUT2D eigenvalue weighted by Crippen LogP contribution is 2.40. The summed E-state index contributed by atoms with van der Waals surface area (Å²) < 4.78 is 0. The van der Waals surface area contributed by atoms with E-state index in [0.29, 0.717) is 31.7 Å². The van der Waals surface area contributed by atoms with Crippen molar-refractivity contribution in [2.75, 3.05) is 19.6 Å². The Labute approximate surface area is 94.6 Å². The smallest absolute Gasteiger partial charge is 0.311 e. The van der Waals surface area contributed by atoms with Crippen LogP contribution in [-0.4, -0.2) is 36.6 Å². The lowest BCUT2D eigenvalue weighted by Gasteiger charge is -2.37. The maximum absolute atomic E-state index is 11.5. The molecule has 0 radical (unpaired) electrons. The van der Waals surface area contributed by atoms with Crippen molar-refractivity contribution < 1.29 is 14.7 Å². The third-order valence-electron chi connectivity index (χ3n) is 3.73. The number of carbonyl (C=O) groups excluding carboxylic acids is 1. The molecule has 1 aliphatic carbocycles. The highest BCUT2D eigenvalue weighted by Gasteiger charge is 2.44. The van der Waals surface area contributed by atoms with Gasteiger partial charge in [-0.15, -0.1) is 0 Å². The van der Waals surface area contributed by atoms with Gasteiger partial charge in [-0.3, -0.25) is 9.59 Å². The van der Waals surface area contributed by atoms with E-state index in [1.54, 1.807) is 0 Å². The van der Waals surface area contributed by atoms with E-state index in [9.17, 15) is 9.59 Å². The topological polar surface area (TPSA) is 78.4 Å². The number of aliphatic carboxylic acids is 1. The second-order valence-electron chi connectivity index (χ2n) is 4.94. The number of carboxylic acids is 1. The molecule has 1 heterocycles. The highest BCUT2D eigenvalue weighted by atomic mass is 16.4. The maximum Gasteiger partial charge on any atom is 0.311 e. The Morgan fingerprint density at radius 1 is 1.38 bits per heavy atom. The predicted octanol–water partition coefficient (Wildman–Crippen LogP) is -0.0330. The Bertz CT molecular complexity index is 296. The Kier molecular flexibility index (Phi) is 3.14. The minimum atomic E-state index is -0.774. The van der Waals surface area contributed by atoms with E-state index in [-0.39, 0.29) is 5.91 Å². The number of nitrogens with one attached hydrogen (secondary N) is 2. The molecule has 0 bridgehead atoms. The summed E-state index contributed by atoms with van der Waals surface area (Å²) >= 11 is 0. The molecule has 2 aliphatic rings. The predicted molar refractivity (Wildman–Crippen MR) is 57.9 cm³/mol. The lowest BCUT2D eigenvalue weighted by atomic mass is 9.69. The zero-order valence-corrected chi connectivity index (χ0v) is 9.29. The van der Waals surface area contributed by atoms with Gasteiger partial charge in [-0.2, -0.15) is 0 Å². The largest absolute Gasteiger partial charge is 0.481 e. The molecule has 0 aromatic rings. The number of hydrogen-bond acceptors (Lipinski definition) is 3. The van der Waals surface area contributed by atoms with E-state index in [2.05, 4.69) is 10.6 Å². The molecule has 3 N–H and O–H groups in total. The van der Waals surface area contributed by atoms with Crippen LogP contribution in [0.5, 0.6) is 0 Å². The van der Waals surface area contributed by atoms with Gasteiger partial charge in [0, 0.05) is 13.0 Å². The molecule has 1 aliphatic heterocycles. The van der Waals surface area contributed by atoms with Crippen molar-refractivity contribution >= 4 is 11.9 Å². The molecule has 1 saturated heterocycles. The van der Waals surface area contributed by atoms with Gasteiger partial charge in [0.2, 0.25) is 5.91 Å². The molecule has 2 rings (SSSR count). The SMILES string of the molecule is O=C(CC1CNC1)NCC1(C(=O)O)CCC1. The molecule has 1 amide bonds. The lowest BCUT2D eigenvalue weighted by molar-refractivity contribution is -0.154. The van der Waals surface area contributed by atoms with Crippen molar-refractivity contribution in [3.05, 3.63) is 0 Å². The summed E-state index contributed by atoms with van der Waals surface area (Å²) in [5.74, 6) is -0.356. The Morgan fingerprint density at radius 2 is 2.06 bits per heavy atom. The van der Waals surface area contributed by atoms with E-state index >= 15 is 0 Å². The second-order valence-corrected chi connectivity index (χ2v) is 4.94. The van der Waals surface area contributed by atoms with Crippen LogP contribution in [0.4, 0.5) is 0 Å². The minimum Gasteiger partial charge on any atom is -0.481 e. The number of amides is 1. The molecular weight excluding hydrogens is 208 g/mol. The van der Waals surface area contributed by atoms with Crippen LogP contribution in [0.25, 0.3) is 0 Å². The standard InChI is InChI=1S/C11H18N2O3/c14-9(4-8-5-12-6-8)13-7-11(10(15)16)2-1-3-11/h8,12H,1-7H2,(H,13,14)(H,15,16). The number of carboxylic acid groups (broad SMARTS) is 1. The fraction of sp³-hybridized carbons (Fsp3) is 0.818. The zero-order valence-electron chi connectivity index (χ0n) is 9.29. The summed E-state index contributed by atoms with van der Waals surface area (Å²) in [7, 11) is 0. The van der Waals surface area contributed by atoms with Crippen molar-refractivity contribution in [2.24, 2.45) is 11.3 Å². The lowest BCUT2D eigenvalue weighted by Crippen LogP contribution is -2.49. The summed E-state index contributed by atoms with van der Waals surface area (Å²) in [6.45, 7) is 2.09. The van der Waals surface area contributed by atoms with Crippen LogP contribution >= 0.6 is 0 Å². The van der Waals surface area contributed by atoms with Gasteiger partial charge >= 0.3 is 5.97 Å². The number of carbonyl (C=O) groups is 2. The number of rotatable bonds is 5. The quantitative estimate of drug-likeness (QED) is 0.615. The summed E-state index contributed by atoms with van der Waals surface area (Å²) in [4.78, 5) is 22.6. The van der Waals surface area contributed by atoms with Gasteiger partial charge in [0.05, 0.1) is 5.41 Å².